The van der Waals surface area contributed by atoms with Crippen LogP contribution in [0.5, 0.6) is 0 Å². The summed E-state index contributed by atoms with van der Waals surface area (Å²) in [5, 5.41) is 8.51. The molecule has 0 aromatic carbocycles. The summed E-state index contributed by atoms with van der Waals surface area (Å²) in [4.78, 5) is 10.6. The fourth-order valence-corrected chi connectivity index (χ4v) is 0.889. The van der Waals surface area contributed by atoms with Crippen molar-refractivity contribution in [2.45, 2.75) is 6.42 Å². The molecule has 0 radical (unpaired) electrons. The van der Waals surface area contributed by atoms with Crippen LogP contribution < -0.4 is 0 Å². The van der Waals surface area contributed by atoms with Gasteiger partial charge in [-0.25, -0.2) is 0 Å². The minimum absolute atomic E-state index is 0.0139. The quantitative estimate of drug-likeness (QED) is 0.526. The molecule has 0 saturated heterocycles. The Morgan fingerprint density at radius 2 is 2.56 bits per heavy atom. The highest BCUT2D eigenvalue weighted by Gasteiger charge is 2.43. The molecule has 0 spiro atoms. The second-order valence-corrected chi connectivity index (χ2v) is 2.31. The molecule has 3 nitrogen and oxygen atoms in total. The van der Waals surface area contributed by atoms with Crippen molar-refractivity contribution < 1.29 is 14.6 Å². The first-order valence-corrected chi connectivity index (χ1v) is 2.98. The molecular weight excluding hydrogens is 120 g/mol. The Morgan fingerprint density at radius 3 is 2.89 bits per heavy atom. The number of hydrogen-bond donors (Lipinski definition) is 1. The van der Waals surface area contributed by atoms with Gasteiger partial charge in [-0.2, -0.15) is 0 Å². The second-order valence-electron chi connectivity index (χ2n) is 2.31. The molecule has 0 unspecified atom stereocenters. The zero-order chi connectivity index (χ0) is 6.85. The Balaban J connectivity index is 2.25. The average Bonchev–Trinajstić information content (AvgIpc) is 2.64. The van der Waals surface area contributed by atoms with E-state index in [1.807, 2.05) is 0 Å². The van der Waals surface area contributed by atoms with Gasteiger partial charge in [-0.15, -0.1) is 0 Å². The van der Waals surface area contributed by atoms with E-state index in [-0.39, 0.29) is 24.4 Å². The van der Waals surface area contributed by atoms with E-state index in [4.69, 9.17) is 5.11 Å². The van der Waals surface area contributed by atoms with Gasteiger partial charge in [0.1, 0.15) is 0 Å². The summed E-state index contributed by atoms with van der Waals surface area (Å²) in [6.07, 6.45) is 0.795. The molecule has 0 aromatic heterocycles. The summed E-state index contributed by atoms with van der Waals surface area (Å²) in [5.41, 5.74) is 0. The van der Waals surface area contributed by atoms with Crippen molar-refractivity contribution in [3.8, 4) is 0 Å². The van der Waals surface area contributed by atoms with Crippen molar-refractivity contribution in [3.63, 3.8) is 0 Å². The van der Waals surface area contributed by atoms with Crippen LogP contribution in [0.2, 0.25) is 0 Å². The van der Waals surface area contributed by atoms with Crippen LogP contribution in [0.4, 0.5) is 0 Å². The molecule has 52 valence electrons. The van der Waals surface area contributed by atoms with Crippen LogP contribution in [0.3, 0.4) is 0 Å². The predicted molar refractivity (Wildman–Crippen MR) is 30.7 cm³/mol. The molecule has 1 rings (SSSR count). The molecular formula is C6H10O3. The molecule has 1 fully saturated rings. The van der Waals surface area contributed by atoms with Crippen molar-refractivity contribution >= 4 is 5.97 Å². The lowest BCUT2D eigenvalue weighted by molar-refractivity contribution is -0.142. The molecule has 0 amide bonds. The van der Waals surface area contributed by atoms with Crippen LogP contribution in [-0.4, -0.2) is 24.8 Å². The third kappa shape index (κ3) is 1.21. The first-order valence-electron chi connectivity index (χ1n) is 2.98. The van der Waals surface area contributed by atoms with Gasteiger partial charge in [0.05, 0.1) is 13.0 Å². The van der Waals surface area contributed by atoms with Gasteiger partial charge in [0.25, 0.3) is 0 Å². The number of aliphatic hydroxyl groups is 1. The lowest BCUT2D eigenvalue weighted by Crippen LogP contribution is -2.05. The van der Waals surface area contributed by atoms with Crippen LogP contribution in [-0.2, 0) is 9.53 Å². The third-order valence-corrected chi connectivity index (χ3v) is 1.66. The largest absolute Gasteiger partial charge is 0.469 e. The second kappa shape index (κ2) is 2.35. The Kier molecular flexibility index (Phi) is 1.71. The normalized spacial score (nSPS) is 31.8. The topological polar surface area (TPSA) is 46.5 Å². The maximum Gasteiger partial charge on any atom is 0.309 e. The Hall–Kier alpha value is -0.570. The van der Waals surface area contributed by atoms with Gasteiger partial charge >= 0.3 is 5.97 Å². The zero-order valence-electron chi connectivity index (χ0n) is 5.33. The Morgan fingerprint density at radius 1 is 1.89 bits per heavy atom. The summed E-state index contributed by atoms with van der Waals surface area (Å²) in [5.74, 6) is -0.0218. The zero-order valence-corrected chi connectivity index (χ0v) is 5.33. The summed E-state index contributed by atoms with van der Waals surface area (Å²) in [7, 11) is 1.37. The predicted octanol–water partition coefficient (Wildman–Crippen LogP) is -0.212. The minimum Gasteiger partial charge on any atom is -0.469 e. The van der Waals surface area contributed by atoms with E-state index in [0.29, 0.717) is 0 Å². The summed E-state index contributed by atoms with van der Waals surface area (Å²) in [6, 6.07) is 0. The highest BCUT2D eigenvalue weighted by Crippen LogP contribution is 2.38. The van der Waals surface area contributed by atoms with Crippen LogP contribution in [0.25, 0.3) is 0 Å². The fourth-order valence-electron chi connectivity index (χ4n) is 0.889. The number of aliphatic hydroxyl groups excluding tert-OH is 1. The molecule has 1 N–H and O–H groups in total. The highest BCUT2D eigenvalue weighted by molar-refractivity contribution is 5.75. The monoisotopic (exact) mass is 130 g/mol. The minimum atomic E-state index is -0.186. The maximum atomic E-state index is 10.6. The third-order valence-electron chi connectivity index (χ3n) is 1.66. The van der Waals surface area contributed by atoms with Gasteiger partial charge in [0.2, 0.25) is 0 Å². The van der Waals surface area contributed by atoms with Crippen LogP contribution in [0.15, 0.2) is 0 Å². The SMILES string of the molecule is COC(=O)[C@@H]1C[C@H]1CO. The number of methoxy groups -OCH3 is 1. The molecule has 1 aliphatic rings. The van der Waals surface area contributed by atoms with E-state index in [1.54, 1.807) is 0 Å². The maximum absolute atomic E-state index is 10.6. The van der Waals surface area contributed by atoms with Crippen molar-refractivity contribution in [1.82, 2.24) is 0 Å². The molecule has 3 heteroatoms. The summed E-state index contributed by atoms with van der Waals surface area (Å²) >= 11 is 0. The lowest BCUT2D eigenvalue weighted by atomic mass is 10.3. The van der Waals surface area contributed by atoms with Gasteiger partial charge < -0.3 is 9.84 Å². The lowest BCUT2D eigenvalue weighted by Gasteiger charge is -1.93. The summed E-state index contributed by atoms with van der Waals surface area (Å²) in [6.45, 7) is 0.111. The van der Waals surface area contributed by atoms with E-state index < -0.39 is 0 Å². The first-order chi connectivity index (χ1) is 4.29. The van der Waals surface area contributed by atoms with Crippen molar-refractivity contribution in [1.29, 1.82) is 0 Å². The van der Waals surface area contributed by atoms with Crippen LogP contribution in [0.1, 0.15) is 6.42 Å². The van der Waals surface area contributed by atoms with E-state index >= 15 is 0 Å². The molecule has 0 aliphatic heterocycles. The fraction of sp³-hybridized carbons (Fsp3) is 0.833. The molecule has 0 bridgehead atoms. The number of ether oxygens (including phenoxy) is 1. The van der Waals surface area contributed by atoms with Gasteiger partial charge in [-0.3, -0.25) is 4.79 Å². The van der Waals surface area contributed by atoms with E-state index in [1.165, 1.54) is 7.11 Å². The smallest absolute Gasteiger partial charge is 0.309 e. The van der Waals surface area contributed by atoms with E-state index in [0.717, 1.165) is 6.42 Å². The Bertz CT molecular complexity index is 121. The molecule has 0 heterocycles. The molecule has 1 saturated carbocycles. The van der Waals surface area contributed by atoms with Gasteiger partial charge in [0, 0.05) is 6.61 Å². The van der Waals surface area contributed by atoms with Gasteiger partial charge in [0.15, 0.2) is 0 Å². The standard InChI is InChI=1S/C6H10O3/c1-9-6(8)5-2-4(5)3-7/h4-5,7H,2-3H2,1H3/t4-,5+/m0/s1. The van der Waals surface area contributed by atoms with E-state index in [2.05, 4.69) is 4.74 Å². The highest BCUT2D eigenvalue weighted by atomic mass is 16.5. The van der Waals surface area contributed by atoms with Crippen molar-refractivity contribution in [3.05, 3.63) is 0 Å². The number of carbonyl (C=O) groups is 1. The Labute approximate surface area is 53.6 Å². The van der Waals surface area contributed by atoms with Crippen molar-refractivity contribution in [2.24, 2.45) is 11.8 Å². The average molecular weight is 130 g/mol. The molecule has 1 aliphatic carbocycles. The summed E-state index contributed by atoms with van der Waals surface area (Å²) < 4.78 is 4.46. The number of hydrogen-bond acceptors (Lipinski definition) is 3. The van der Waals surface area contributed by atoms with Crippen LogP contribution in [0, 0.1) is 11.8 Å². The molecule has 2 atom stereocenters. The molecule has 9 heavy (non-hydrogen) atoms. The van der Waals surface area contributed by atoms with Crippen LogP contribution >= 0.6 is 0 Å². The van der Waals surface area contributed by atoms with Crippen molar-refractivity contribution in [2.75, 3.05) is 13.7 Å². The molecule has 0 aromatic rings. The van der Waals surface area contributed by atoms with Gasteiger partial charge in [-0.05, 0) is 12.3 Å². The number of rotatable bonds is 2. The number of esters is 1. The van der Waals surface area contributed by atoms with E-state index in [9.17, 15) is 4.79 Å². The number of carbonyl (C=O) groups excluding carboxylic acids is 1. The first kappa shape index (κ1) is 6.55. The van der Waals surface area contributed by atoms with Gasteiger partial charge in [-0.1, -0.05) is 0 Å².